The van der Waals surface area contributed by atoms with Gasteiger partial charge in [0.2, 0.25) is 0 Å². The summed E-state index contributed by atoms with van der Waals surface area (Å²) in [5.74, 6) is -0.685. The van der Waals surface area contributed by atoms with E-state index in [1.165, 1.54) is 0 Å². The number of hydrogen-bond acceptors (Lipinski definition) is 3. The minimum atomic E-state index is -0.996. The SMILES string of the molecule is CCC[C@H](NC(=O)NCC1CCOC1C)C(=O)O. The summed E-state index contributed by atoms with van der Waals surface area (Å²) in [6.07, 6.45) is 2.23. The second kappa shape index (κ2) is 7.20. The zero-order valence-corrected chi connectivity index (χ0v) is 10.9. The van der Waals surface area contributed by atoms with Gasteiger partial charge in [-0.05, 0) is 19.8 Å². The van der Waals surface area contributed by atoms with Crippen LogP contribution in [0.4, 0.5) is 4.79 Å². The van der Waals surface area contributed by atoms with Gasteiger partial charge in [0.05, 0.1) is 6.10 Å². The standard InChI is InChI=1S/C12H22N2O4/c1-3-4-10(11(15)16)14-12(17)13-7-9-5-6-18-8(9)2/h8-10H,3-7H2,1-2H3,(H,15,16)(H2,13,14,17)/t8?,9?,10-/m0/s1. The van der Waals surface area contributed by atoms with Gasteiger partial charge in [-0.25, -0.2) is 9.59 Å². The van der Waals surface area contributed by atoms with Crippen molar-refractivity contribution in [3.63, 3.8) is 0 Å². The van der Waals surface area contributed by atoms with Crippen LogP contribution in [0.15, 0.2) is 0 Å². The van der Waals surface area contributed by atoms with Crippen LogP contribution >= 0.6 is 0 Å². The Labute approximate surface area is 107 Å². The molecular formula is C12H22N2O4. The Hall–Kier alpha value is -1.30. The van der Waals surface area contributed by atoms with Gasteiger partial charge in [-0.1, -0.05) is 13.3 Å². The number of rotatable bonds is 6. The second-order valence-electron chi connectivity index (χ2n) is 4.66. The number of carbonyl (C=O) groups excluding carboxylic acids is 1. The van der Waals surface area contributed by atoms with Crippen LogP contribution in [-0.2, 0) is 9.53 Å². The molecular weight excluding hydrogens is 236 g/mol. The fourth-order valence-corrected chi connectivity index (χ4v) is 2.02. The summed E-state index contributed by atoms with van der Waals surface area (Å²) in [6.45, 7) is 5.11. The van der Waals surface area contributed by atoms with E-state index in [4.69, 9.17) is 9.84 Å². The van der Waals surface area contributed by atoms with E-state index in [1.807, 2.05) is 13.8 Å². The van der Waals surface area contributed by atoms with E-state index in [0.717, 1.165) is 13.0 Å². The topological polar surface area (TPSA) is 87.7 Å². The highest BCUT2D eigenvalue weighted by Gasteiger charge is 2.25. The Morgan fingerprint density at radius 2 is 2.22 bits per heavy atom. The van der Waals surface area contributed by atoms with E-state index in [9.17, 15) is 9.59 Å². The monoisotopic (exact) mass is 258 g/mol. The van der Waals surface area contributed by atoms with Crippen LogP contribution in [0.5, 0.6) is 0 Å². The third-order valence-corrected chi connectivity index (χ3v) is 3.24. The van der Waals surface area contributed by atoms with Gasteiger partial charge in [0, 0.05) is 19.1 Å². The lowest BCUT2D eigenvalue weighted by molar-refractivity contribution is -0.139. The highest BCUT2D eigenvalue weighted by molar-refractivity contribution is 5.82. The lowest BCUT2D eigenvalue weighted by Crippen LogP contribution is -2.47. The number of urea groups is 1. The van der Waals surface area contributed by atoms with Crippen molar-refractivity contribution in [2.45, 2.75) is 45.3 Å². The van der Waals surface area contributed by atoms with Crippen molar-refractivity contribution in [1.29, 1.82) is 0 Å². The van der Waals surface area contributed by atoms with E-state index in [0.29, 0.717) is 25.3 Å². The van der Waals surface area contributed by atoms with Gasteiger partial charge in [0.25, 0.3) is 0 Å². The van der Waals surface area contributed by atoms with E-state index in [1.54, 1.807) is 0 Å². The van der Waals surface area contributed by atoms with Crippen LogP contribution in [0.1, 0.15) is 33.1 Å². The third kappa shape index (κ3) is 4.52. The minimum Gasteiger partial charge on any atom is -0.480 e. The van der Waals surface area contributed by atoms with Crippen LogP contribution in [0.3, 0.4) is 0 Å². The first-order valence-corrected chi connectivity index (χ1v) is 6.43. The molecule has 0 aromatic heterocycles. The van der Waals surface area contributed by atoms with Crippen LogP contribution in [0.2, 0.25) is 0 Å². The Kier molecular flexibility index (Phi) is 5.91. The lowest BCUT2D eigenvalue weighted by atomic mass is 10.0. The van der Waals surface area contributed by atoms with Crippen molar-refractivity contribution in [2.24, 2.45) is 5.92 Å². The summed E-state index contributed by atoms with van der Waals surface area (Å²) >= 11 is 0. The predicted octanol–water partition coefficient (Wildman–Crippen LogP) is 0.964. The first-order valence-electron chi connectivity index (χ1n) is 6.43. The van der Waals surface area contributed by atoms with E-state index < -0.39 is 18.0 Å². The Balaban J connectivity index is 2.29. The number of carbonyl (C=O) groups is 2. The van der Waals surface area contributed by atoms with Crippen molar-refractivity contribution in [2.75, 3.05) is 13.2 Å². The number of aliphatic carboxylic acids is 1. The first kappa shape index (κ1) is 14.8. The quantitative estimate of drug-likeness (QED) is 0.662. The number of hydrogen-bond donors (Lipinski definition) is 3. The highest BCUT2D eigenvalue weighted by Crippen LogP contribution is 2.19. The zero-order chi connectivity index (χ0) is 13.5. The molecule has 0 saturated carbocycles. The number of carboxylic acids is 1. The molecule has 0 bridgehead atoms. The maximum Gasteiger partial charge on any atom is 0.326 e. The molecule has 1 aliphatic heterocycles. The van der Waals surface area contributed by atoms with Gasteiger partial charge < -0.3 is 20.5 Å². The molecule has 3 N–H and O–H groups in total. The van der Waals surface area contributed by atoms with E-state index >= 15 is 0 Å². The van der Waals surface area contributed by atoms with Crippen LogP contribution in [0, 0.1) is 5.92 Å². The number of ether oxygens (including phenoxy) is 1. The van der Waals surface area contributed by atoms with Crippen LogP contribution in [0.25, 0.3) is 0 Å². The molecule has 1 aliphatic rings. The normalized spacial score (nSPS) is 24.6. The van der Waals surface area contributed by atoms with Gasteiger partial charge in [0.15, 0.2) is 0 Å². The summed E-state index contributed by atoms with van der Waals surface area (Å²) < 4.78 is 5.39. The fraction of sp³-hybridized carbons (Fsp3) is 0.833. The first-order chi connectivity index (χ1) is 8.54. The largest absolute Gasteiger partial charge is 0.480 e. The second-order valence-corrected chi connectivity index (χ2v) is 4.66. The molecule has 18 heavy (non-hydrogen) atoms. The van der Waals surface area contributed by atoms with Crippen molar-refractivity contribution in [3.05, 3.63) is 0 Å². The maximum atomic E-state index is 11.6. The molecule has 1 heterocycles. The summed E-state index contributed by atoms with van der Waals surface area (Å²) in [4.78, 5) is 22.4. The maximum absolute atomic E-state index is 11.6. The molecule has 2 amide bonds. The highest BCUT2D eigenvalue weighted by atomic mass is 16.5. The molecule has 1 saturated heterocycles. The summed E-state index contributed by atoms with van der Waals surface area (Å²) in [5.41, 5.74) is 0. The fourth-order valence-electron chi connectivity index (χ4n) is 2.02. The average molecular weight is 258 g/mol. The van der Waals surface area contributed by atoms with Gasteiger partial charge in [0.1, 0.15) is 6.04 Å². The van der Waals surface area contributed by atoms with Crippen molar-refractivity contribution < 1.29 is 19.4 Å². The van der Waals surface area contributed by atoms with Crippen molar-refractivity contribution in [3.8, 4) is 0 Å². The lowest BCUT2D eigenvalue weighted by Gasteiger charge is -2.17. The van der Waals surface area contributed by atoms with Gasteiger partial charge in [-0.3, -0.25) is 0 Å². The molecule has 0 aromatic carbocycles. The summed E-state index contributed by atoms with van der Waals surface area (Å²) in [6, 6.07) is -1.23. The van der Waals surface area contributed by atoms with Crippen LogP contribution in [-0.4, -0.2) is 42.4 Å². The number of amides is 2. The van der Waals surface area contributed by atoms with Gasteiger partial charge in [-0.2, -0.15) is 0 Å². The molecule has 1 fully saturated rings. The molecule has 2 unspecified atom stereocenters. The predicted molar refractivity (Wildman–Crippen MR) is 66.4 cm³/mol. The minimum absolute atomic E-state index is 0.149. The van der Waals surface area contributed by atoms with Gasteiger partial charge >= 0.3 is 12.0 Å². The molecule has 0 radical (unpaired) electrons. The van der Waals surface area contributed by atoms with E-state index in [2.05, 4.69) is 10.6 Å². The molecule has 0 spiro atoms. The third-order valence-electron chi connectivity index (χ3n) is 3.24. The number of carboxylic acid groups (broad SMARTS) is 1. The molecule has 0 aliphatic carbocycles. The van der Waals surface area contributed by atoms with Gasteiger partial charge in [-0.15, -0.1) is 0 Å². The Bertz CT molecular complexity index is 296. The van der Waals surface area contributed by atoms with Crippen molar-refractivity contribution >= 4 is 12.0 Å². The molecule has 3 atom stereocenters. The van der Waals surface area contributed by atoms with Crippen LogP contribution < -0.4 is 10.6 Å². The molecule has 104 valence electrons. The average Bonchev–Trinajstić information content (AvgIpc) is 2.71. The summed E-state index contributed by atoms with van der Waals surface area (Å²) in [7, 11) is 0. The molecule has 0 aromatic rings. The molecule has 6 heteroatoms. The Morgan fingerprint density at radius 1 is 1.50 bits per heavy atom. The Morgan fingerprint density at radius 3 is 2.72 bits per heavy atom. The molecule has 1 rings (SSSR count). The molecule has 6 nitrogen and oxygen atoms in total. The van der Waals surface area contributed by atoms with Crippen molar-refractivity contribution in [1.82, 2.24) is 10.6 Å². The summed E-state index contributed by atoms with van der Waals surface area (Å²) in [5, 5.41) is 14.1. The smallest absolute Gasteiger partial charge is 0.326 e. The van der Waals surface area contributed by atoms with E-state index in [-0.39, 0.29) is 6.10 Å². The number of nitrogens with one attached hydrogen (secondary N) is 2. The zero-order valence-electron chi connectivity index (χ0n) is 10.9.